The minimum atomic E-state index is -0.569. The number of esters is 1. The molecule has 0 bridgehead atoms. The molecule has 0 aromatic heterocycles. The smallest absolute Gasteiger partial charge is 0.328 e. The molecule has 0 saturated heterocycles. The van der Waals surface area contributed by atoms with Gasteiger partial charge in [-0.25, -0.2) is 4.79 Å². The van der Waals surface area contributed by atoms with Crippen LogP contribution in [0.2, 0.25) is 0 Å². The molecule has 1 unspecified atom stereocenters. The summed E-state index contributed by atoms with van der Waals surface area (Å²) in [6, 6.07) is 9.28. The molecule has 0 aliphatic rings. The van der Waals surface area contributed by atoms with E-state index in [1.54, 1.807) is 0 Å². The molecule has 1 aromatic carbocycles. The number of benzene rings is 1. The van der Waals surface area contributed by atoms with E-state index in [-0.39, 0.29) is 17.8 Å². The number of hydrogen-bond donors (Lipinski definition) is 1. The molecule has 116 valence electrons. The highest BCUT2D eigenvalue weighted by molar-refractivity contribution is 5.85. The second-order valence-electron chi connectivity index (χ2n) is 5.80. The van der Waals surface area contributed by atoms with E-state index in [4.69, 9.17) is 4.74 Å². The number of carbonyl (C=O) groups is 2. The number of carbonyl (C=O) groups excluding carboxylic acids is 2. The van der Waals surface area contributed by atoms with Crippen LogP contribution in [0, 0.1) is 11.8 Å². The molecule has 0 radical (unpaired) electrons. The van der Waals surface area contributed by atoms with Crippen molar-refractivity contribution in [1.29, 1.82) is 0 Å². The Kier molecular flexibility index (Phi) is 6.92. The van der Waals surface area contributed by atoms with Crippen LogP contribution in [-0.4, -0.2) is 25.0 Å². The Morgan fingerprint density at radius 2 is 1.76 bits per heavy atom. The zero-order valence-corrected chi connectivity index (χ0v) is 13.3. The minimum Gasteiger partial charge on any atom is -0.467 e. The highest BCUT2D eigenvalue weighted by atomic mass is 16.5. The lowest BCUT2D eigenvalue weighted by Crippen LogP contribution is -2.44. The standard InChI is InChI=1S/C17H25NO3/c1-12(2)10-15(17(20)21-4)18-16(19)13(3)11-14-8-6-5-7-9-14/h5-9,12-13,15H,10-11H2,1-4H3,(H,18,19)/t13?,15-/m0/s1. The molecule has 4 heteroatoms. The van der Waals surface area contributed by atoms with Crippen LogP contribution in [-0.2, 0) is 20.7 Å². The van der Waals surface area contributed by atoms with Crippen LogP contribution in [0.3, 0.4) is 0 Å². The molecular formula is C17H25NO3. The predicted octanol–water partition coefficient (Wildman–Crippen LogP) is 2.57. The summed E-state index contributed by atoms with van der Waals surface area (Å²) in [6.07, 6.45) is 1.23. The Morgan fingerprint density at radius 1 is 1.14 bits per heavy atom. The van der Waals surface area contributed by atoms with E-state index in [1.165, 1.54) is 7.11 Å². The second-order valence-corrected chi connectivity index (χ2v) is 5.80. The Morgan fingerprint density at radius 3 is 2.29 bits per heavy atom. The Bertz CT molecular complexity index is 456. The van der Waals surface area contributed by atoms with Gasteiger partial charge in [0.05, 0.1) is 7.11 Å². The summed E-state index contributed by atoms with van der Waals surface area (Å²) in [7, 11) is 1.34. The first-order valence-corrected chi connectivity index (χ1v) is 7.36. The number of hydrogen-bond acceptors (Lipinski definition) is 3. The van der Waals surface area contributed by atoms with Gasteiger partial charge in [-0.05, 0) is 24.3 Å². The maximum atomic E-state index is 12.2. The molecule has 21 heavy (non-hydrogen) atoms. The third-order valence-corrected chi connectivity index (χ3v) is 3.34. The average Bonchev–Trinajstić information content (AvgIpc) is 2.46. The first-order valence-electron chi connectivity index (χ1n) is 7.36. The molecule has 1 aromatic rings. The summed E-state index contributed by atoms with van der Waals surface area (Å²) in [5.41, 5.74) is 1.11. The molecule has 0 fully saturated rings. The second kappa shape index (κ2) is 8.45. The lowest BCUT2D eigenvalue weighted by molar-refractivity contribution is -0.146. The Balaban J connectivity index is 2.61. The summed E-state index contributed by atoms with van der Waals surface area (Å²) in [6.45, 7) is 5.89. The van der Waals surface area contributed by atoms with Crippen molar-refractivity contribution >= 4 is 11.9 Å². The topological polar surface area (TPSA) is 55.4 Å². The molecule has 4 nitrogen and oxygen atoms in total. The van der Waals surface area contributed by atoms with Crippen molar-refractivity contribution in [2.45, 2.75) is 39.7 Å². The van der Waals surface area contributed by atoms with E-state index in [0.717, 1.165) is 5.56 Å². The van der Waals surface area contributed by atoms with Gasteiger partial charge in [-0.2, -0.15) is 0 Å². The average molecular weight is 291 g/mol. The normalized spacial score (nSPS) is 13.6. The fraction of sp³-hybridized carbons (Fsp3) is 0.529. The van der Waals surface area contributed by atoms with Gasteiger partial charge in [-0.15, -0.1) is 0 Å². The molecule has 0 saturated carbocycles. The maximum Gasteiger partial charge on any atom is 0.328 e. The van der Waals surface area contributed by atoms with Crippen LogP contribution in [0.5, 0.6) is 0 Å². The van der Waals surface area contributed by atoms with Crippen molar-refractivity contribution < 1.29 is 14.3 Å². The number of nitrogens with one attached hydrogen (secondary N) is 1. The number of amides is 1. The fourth-order valence-corrected chi connectivity index (χ4v) is 2.20. The van der Waals surface area contributed by atoms with Crippen molar-refractivity contribution in [3.8, 4) is 0 Å². The van der Waals surface area contributed by atoms with Crippen molar-refractivity contribution in [3.05, 3.63) is 35.9 Å². The van der Waals surface area contributed by atoms with Gasteiger partial charge in [-0.1, -0.05) is 51.1 Å². The largest absolute Gasteiger partial charge is 0.467 e. The van der Waals surface area contributed by atoms with Gasteiger partial charge < -0.3 is 10.1 Å². The Labute approximate surface area is 126 Å². The molecule has 0 aliphatic carbocycles. The van der Waals surface area contributed by atoms with Gasteiger partial charge in [-0.3, -0.25) is 4.79 Å². The molecular weight excluding hydrogens is 266 g/mol. The molecule has 2 atom stereocenters. The van der Waals surface area contributed by atoms with Crippen molar-refractivity contribution in [2.75, 3.05) is 7.11 Å². The van der Waals surface area contributed by atoms with Crippen LogP contribution in [0.4, 0.5) is 0 Å². The molecule has 1 N–H and O–H groups in total. The van der Waals surface area contributed by atoms with E-state index in [2.05, 4.69) is 5.32 Å². The maximum absolute atomic E-state index is 12.2. The quantitative estimate of drug-likeness (QED) is 0.786. The van der Waals surface area contributed by atoms with Gasteiger partial charge in [0, 0.05) is 5.92 Å². The van der Waals surface area contributed by atoms with Gasteiger partial charge in [0.2, 0.25) is 5.91 Å². The summed E-state index contributed by atoms with van der Waals surface area (Å²) in [4.78, 5) is 24.0. The van der Waals surface area contributed by atoms with E-state index in [0.29, 0.717) is 18.8 Å². The molecule has 1 amide bonds. The summed E-state index contributed by atoms with van der Waals surface area (Å²) in [5.74, 6) is -0.385. The Hall–Kier alpha value is -1.84. The summed E-state index contributed by atoms with van der Waals surface area (Å²) in [5, 5.41) is 2.81. The predicted molar refractivity (Wildman–Crippen MR) is 82.7 cm³/mol. The van der Waals surface area contributed by atoms with Crippen LogP contribution < -0.4 is 5.32 Å². The van der Waals surface area contributed by atoms with E-state index >= 15 is 0 Å². The highest BCUT2D eigenvalue weighted by Gasteiger charge is 2.24. The lowest BCUT2D eigenvalue weighted by atomic mass is 9.98. The first kappa shape index (κ1) is 17.2. The van der Waals surface area contributed by atoms with Crippen molar-refractivity contribution in [1.82, 2.24) is 5.32 Å². The van der Waals surface area contributed by atoms with E-state index in [9.17, 15) is 9.59 Å². The van der Waals surface area contributed by atoms with E-state index < -0.39 is 6.04 Å². The van der Waals surface area contributed by atoms with Gasteiger partial charge in [0.1, 0.15) is 6.04 Å². The number of ether oxygens (including phenoxy) is 1. The van der Waals surface area contributed by atoms with Crippen molar-refractivity contribution in [3.63, 3.8) is 0 Å². The number of rotatable bonds is 7. The third-order valence-electron chi connectivity index (χ3n) is 3.34. The lowest BCUT2D eigenvalue weighted by Gasteiger charge is -2.20. The molecule has 0 heterocycles. The van der Waals surface area contributed by atoms with Gasteiger partial charge >= 0.3 is 5.97 Å². The zero-order chi connectivity index (χ0) is 15.8. The molecule has 0 spiro atoms. The van der Waals surface area contributed by atoms with Crippen molar-refractivity contribution in [2.24, 2.45) is 11.8 Å². The van der Waals surface area contributed by atoms with Crippen LogP contribution in [0.1, 0.15) is 32.8 Å². The third kappa shape index (κ3) is 5.98. The van der Waals surface area contributed by atoms with Gasteiger partial charge in [0.25, 0.3) is 0 Å². The van der Waals surface area contributed by atoms with Crippen LogP contribution in [0.25, 0.3) is 0 Å². The minimum absolute atomic E-state index is 0.116. The molecule has 1 rings (SSSR count). The van der Waals surface area contributed by atoms with Crippen LogP contribution >= 0.6 is 0 Å². The SMILES string of the molecule is COC(=O)[C@H](CC(C)C)NC(=O)C(C)Cc1ccccc1. The summed E-state index contributed by atoms with van der Waals surface area (Å²) >= 11 is 0. The molecule has 0 aliphatic heterocycles. The van der Waals surface area contributed by atoms with Gasteiger partial charge in [0.15, 0.2) is 0 Å². The number of methoxy groups -OCH3 is 1. The van der Waals surface area contributed by atoms with Crippen LogP contribution in [0.15, 0.2) is 30.3 Å². The first-order chi connectivity index (χ1) is 9.93. The van der Waals surface area contributed by atoms with E-state index in [1.807, 2.05) is 51.1 Å². The summed E-state index contributed by atoms with van der Waals surface area (Å²) < 4.78 is 4.76. The monoisotopic (exact) mass is 291 g/mol. The fourth-order valence-electron chi connectivity index (χ4n) is 2.20. The highest BCUT2D eigenvalue weighted by Crippen LogP contribution is 2.11. The zero-order valence-electron chi connectivity index (χ0n) is 13.3.